The minimum Gasteiger partial charge on any atom is -0.309 e. The van der Waals surface area contributed by atoms with Crippen LogP contribution >= 0.6 is 0 Å². The second-order valence-electron chi connectivity index (χ2n) is 32.8. The second-order valence-corrected chi connectivity index (χ2v) is 32.8. The molecule has 0 N–H and O–H groups in total. The van der Waals surface area contributed by atoms with Gasteiger partial charge in [-0.1, -0.05) is 291 Å². The Balaban J connectivity index is 0.562. The molecule has 0 bridgehead atoms. The zero-order valence-corrected chi connectivity index (χ0v) is 67.8. The molecular formula is C120H78N4. The van der Waals surface area contributed by atoms with Gasteiger partial charge < -0.3 is 18.3 Å². The highest BCUT2D eigenvalue weighted by molar-refractivity contribution is 6.16. The Labute approximate surface area is 718 Å². The number of hydrogen-bond donors (Lipinski definition) is 0. The fourth-order valence-corrected chi connectivity index (χ4v) is 19.5. The largest absolute Gasteiger partial charge is 0.309 e. The molecule has 0 saturated carbocycles. The van der Waals surface area contributed by atoms with E-state index in [1.165, 1.54) is 132 Å². The summed E-state index contributed by atoms with van der Waals surface area (Å²) in [5, 5.41) is 9.66. The average Bonchev–Trinajstić information content (AvgIpc) is 1.59. The van der Waals surface area contributed by atoms with E-state index in [0.717, 1.165) is 100 Å². The van der Waals surface area contributed by atoms with E-state index in [9.17, 15) is 0 Å². The molecule has 0 aliphatic carbocycles. The van der Waals surface area contributed by atoms with Gasteiger partial charge in [-0.25, -0.2) is 0 Å². The fraction of sp³-hybridized carbons (Fsp3) is 0. The number of benzene rings is 20. The van der Waals surface area contributed by atoms with Crippen molar-refractivity contribution in [2.24, 2.45) is 0 Å². The molecule has 578 valence electrons. The fourth-order valence-electron chi connectivity index (χ4n) is 19.5. The second kappa shape index (κ2) is 29.8. The summed E-state index contributed by atoms with van der Waals surface area (Å²) in [5.41, 5.74) is 39.7. The number of hydrogen-bond acceptors (Lipinski definition) is 0. The Hall–Kier alpha value is -16.4. The molecule has 0 unspecified atom stereocenters. The van der Waals surface area contributed by atoms with Crippen molar-refractivity contribution in [3.05, 3.63) is 473 Å². The number of nitrogens with zero attached hydrogens (tertiary/aromatic N) is 4. The van der Waals surface area contributed by atoms with Crippen molar-refractivity contribution in [2.75, 3.05) is 0 Å². The van der Waals surface area contributed by atoms with Crippen molar-refractivity contribution in [2.45, 2.75) is 0 Å². The molecule has 0 fully saturated rings. The van der Waals surface area contributed by atoms with E-state index in [2.05, 4.69) is 491 Å². The van der Waals surface area contributed by atoms with Crippen LogP contribution in [0.15, 0.2) is 473 Å². The summed E-state index contributed by atoms with van der Waals surface area (Å²) in [6, 6.07) is 175. The summed E-state index contributed by atoms with van der Waals surface area (Å²) in [7, 11) is 0. The molecule has 0 radical (unpaired) electrons. The third-order valence-corrected chi connectivity index (χ3v) is 25.5. The lowest BCUT2D eigenvalue weighted by Gasteiger charge is -2.14. The lowest BCUT2D eigenvalue weighted by molar-refractivity contribution is 1.18. The Morgan fingerprint density at radius 2 is 0.258 bits per heavy atom. The summed E-state index contributed by atoms with van der Waals surface area (Å²) in [6.07, 6.45) is 0. The van der Waals surface area contributed by atoms with Gasteiger partial charge in [-0.3, -0.25) is 0 Å². The van der Waals surface area contributed by atoms with Gasteiger partial charge in [0.2, 0.25) is 0 Å². The van der Waals surface area contributed by atoms with Crippen LogP contribution in [0.25, 0.3) is 232 Å². The van der Waals surface area contributed by atoms with Crippen LogP contribution in [0, 0.1) is 0 Å². The van der Waals surface area contributed by atoms with Gasteiger partial charge in [0.1, 0.15) is 0 Å². The molecule has 20 aromatic carbocycles. The number of rotatable bonds is 15. The smallest absolute Gasteiger partial charge is 0.0541 e. The van der Waals surface area contributed by atoms with Crippen molar-refractivity contribution in [3.63, 3.8) is 0 Å². The van der Waals surface area contributed by atoms with E-state index in [1.807, 2.05) is 0 Å². The topological polar surface area (TPSA) is 19.7 Å². The quantitative estimate of drug-likeness (QED) is 0.0975. The first-order valence-electron chi connectivity index (χ1n) is 42.7. The summed E-state index contributed by atoms with van der Waals surface area (Å²) < 4.78 is 9.74. The van der Waals surface area contributed by atoms with Gasteiger partial charge in [-0.15, -0.1) is 0 Å². The standard InChI is InChI=1S/C120H78N4/c1-7-27-79(28-8-1)95-65-96(80-29-9-2-10-30-80)68-99(67-95)87-39-25-45-103(71-87)123-113-49-21-19-47-105(113)107-73-91(53-57-115(107)123)93-55-61-119-111(77-93)109-75-89(51-59-117(109)121(119)101-41-15-5-16-42-101)85-37-23-35-83(63-85)84-36-24-38-86(64-84)90-52-60-118-110(76-90)112-78-94(56-62-120(112)122(118)102-43-17-6-18-44-102)92-54-58-116-108(74-92)106-48-20-22-50-114(106)124(116)104-46-26-40-88(72-104)100-69-97(81-31-11-3-12-32-81)66-98(70-100)82-33-13-4-14-34-82/h1-78H. The molecule has 0 atom stereocenters. The van der Waals surface area contributed by atoms with Crippen LogP contribution in [0.3, 0.4) is 0 Å². The molecular weight excluding hydrogens is 1500 g/mol. The Morgan fingerprint density at radius 1 is 0.0887 bits per heavy atom. The minimum atomic E-state index is 1.12. The van der Waals surface area contributed by atoms with E-state index >= 15 is 0 Å². The highest BCUT2D eigenvalue weighted by Gasteiger charge is 2.23. The maximum Gasteiger partial charge on any atom is 0.0541 e. The molecule has 0 spiro atoms. The molecule has 4 heteroatoms. The predicted octanol–water partition coefficient (Wildman–Crippen LogP) is 32.4. The van der Waals surface area contributed by atoms with Crippen LogP contribution in [-0.2, 0) is 0 Å². The molecule has 0 aliphatic rings. The number of fused-ring (bicyclic) bond motifs is 12. The Bertz CT molecular complexity index is 7710. The van der Waals surface area contributed by atoms with Gasteiger partial charge >= 0.3 is 0 Å². The molecule has 0 saturated heterocycles. The third-order valence-electron chi connectivity index (χ3n) is 25.5. The van der Waals surface area contributed by atoms with Gasteiger partial charge in [0, 0.05) is 65.8 Å². The van der Waals surface area contributed by atoms with E-state index < -0.39 is 0 Å². The van der Waals surface area contributed by atoms with Gasteiger partial charge in [0.15, 0.2) is 0 Å². The van der Waals surface area contributed by atoms with Gasteiger partial charge in [0.05, 0.1) is 44.1 Å². The van der Waals surface area contributed by atoms with Crippen molar-refractivity contribution < 1.29 is 0 Å². The van der Waals surface area contributed by atoms with E-state index in [0.29, 0.717) is 0 Å². The van der Waals surface area contributed by atoms with Gasteiger partial charge in [-0.05, 0) is 304 Å². The van der Waals surface area contributed by atoms with Gasteiger partial charge in [-0.2, -0.15) is 0 Å². The molecule has 4 nitrogen and oxygen atoms in total. The minimum absolute atomic E-state index is 1.12. The maximum absolute atomic E-state index is 2.44. The molecule has 24 rings (SSSR count). The highest BCUT2D eigenvalue weighted by atomic mass is 15.0. The van der Waals surface area contributed by atoms with Gasteiger partial charge in [0.25, 0.3) is 0 Å². The van der Waals surface area contributed by atoms with Crippen LogP contribution in [0.5, 0.6) is 0 Å². The summed E-state index contributed by atoms with van der Waals surface area (Å²) in [5.74, 6) is 0. The van der Waals surface area contributed by atoms with Crippen LogP contribution in [0.1, 0.15) is 0 Å². The molecule has 0 amide bonds. The molecule has 0 aliphatic heterocycles. The molecule has 4 aromatic heterocycles. The Kier molecular flexibility index (Phi) is 17.2. The predicted molar refractivity (Wildman–Crippen MR) is 524 cm³/mol. The zero-order chi connectivity index (χ0) is 81.7. The van der Waals surface area contributed by atoms with Crippen molar-refractivity contribution in [1.29, 1.82) is 0 Å². The Morgan fingerprint density at radius 3 is 0.532 bits per heavy atom. The van der Waals surface area contributed by atoms with Crippen LogP contribution in [0.4, 0.5) is 0 Å². The number of para-hydroxylation sites is 4. The lowest BCUT2D eigenvalue weighted by Crippen LogP contribution is -1.94. The van der Waals surface area contributed by atoms with E-state index in [-0.39, 0.29) is 0 Å². The summed E-state index contributed by atoms with van der Waals surface area (Å²) >= 11 is 0. The molecule has 124 heavy (non-hydrogen) atoms. The van der Waals surface area contributed by atoms with Crippen molar-refractivity contribution in [1.82, 2.24) is 18.3 Å². The van der Waals surface area contributed by atoms with E-state index in [1.54, 1.807) is 0 Å². The van der Waals surface area contributed by atoms with Crippen molar-refractivity contribution in [3.8, 4) is 145 Å². The SMILES string of the molecule is c1ccc(-c2cc(-c3ccccc3)cc(-c3cccc(-n4c5ccccc5c5cc(-c6ccc7c(c6)c6cc(-c8cccc(-c9cccc(-c%10ccc%11c(c%10)c%10cc(-c%12ccc%13c(c%12)c%12ccccc%12n%13-c%12cccc(-c%13cc(-c%14ccccc%14)cc(-c%14ccccc%14)c%13)c%12)ccc%10n%11-c%10ccccc%10)c9)c8)ccc6n7-c6ccccc6)ccc54)c3)c2)cc1. The zero-order valence-electron chi connectivity index (χ0n) is 67.8. The van der Waals surface area contributed by atoms with Crippen LogP contribution < -0.4 is 0 Å². The summed E-state index contributed by atoms with van der Waals surface area (Å²) in [4.78, 5) is 0. The monoisotopic (exact) mass is 1570 g/mol. The number of aromatic nitrogens is 4. The lowest BCUT2D eigenvalue weighted by atomic mass is 9.93. The first-order chi connectivity index (χ1) is 61.4. The molecule has 24 aromatic rings. The average molecular weight is 1580 g/mol. The molecule has 4 heterocycles. The van der Waals surface area contributed by atoms with Crippen LogP contribution in [-0.4, -0.2) is 18.3 Å². The highest BCUT2D eigenvalue weighted by Crippen LogP contribution is 2.46. The summed E-state index contributed by atoms with van der Waals surface area (Å²) in [6.45, 7) is 0. The van der Waals surface area contributed by atoms with E-state index in [4.69, 9.17) is 0 Å². The third kappa shape index (κ3) is 12.5. The normalized spacial score (nSPS) is 11.7. The first-order valence-corrected chi connectivity index (χ1v) is 42.7. The maximum atomic E-state index is 2.44. The van der Waals surface area contributed by atoms with Crippen LogP contribution in [0.2, 0.25) is 0 Å². The van der Waals surface area contributed by atoms with Crippen molar-refractivity contribution >= 4 is 87.2 Å². The first kappa shape index (κ1) is 71.7.